The topological polar surface area (TPSA) is 46.5 Å². The highest BCUT2D eigenvalue weighted by molar-refractivity contribution is 5.70. The highest BCUT2D eigenvalue weighted by Crippen LogP contribution is 2.27. The number of carboxylic acids is 1. The van der Waals surface area contributed by atoms with Crippen molar-refractivity contribution in [1.82, 2.24) is 0 Å². The Labute approximate surface area is 98.2 Å². The van der Waals surface area contributed by atoms with Crippen molar-refractivity contribution in [1.29, 1.82) is 0 Å². The maximum atomic E-state index is 11.0. The molecule has 0 radical (unpaired) electrons. The Hall–Kier alpha value is -0.570. The number of carbonyl (C=O) groups is 1. The number of aliphatic carboxylic acids is 1. The van der Waals surface area contributed by atoms with Gasteiger partial charge in [0.25, 0.3) is 0 Å². The molecule has 0 amide bonds. The van der Waals surface area contributed by atoms with Crippen LogP contribution in [0.5, 0.6) is 0 Å². The van der Waals surface area contributed by atoms with Crippen LogP contribution in [0.3, 0.4) is 0 Å². The van der Waals surface area contributed by atoms with Gasteiger partial charge >= 0.3 is 5.97 Å². The van der Waals surface area contributed by atoms with Crippen LogP contribution in [0, 0.1) is 11.8 Å². The molecule has 94 valence electrons. The standard InChI is InChI=1S/C13H24O3/c1-10(2)6-5-9-16-12-8-4-3-7-11(12)13(14)15/h10-12H,3-9H2,1-2H3,(H,14,15). The number of ether oxygens (including phenoxy) is 1. The molecule has 0 aromatic rings. The third-order valence-electron chi connectivity index (χ3n) is 3.28. The molecule has 0 aromatic heterocycles. The van der Waals surface area contributed by atoms with Crippen LogP contribution in [0.25, 0.3) is 0 Å². The first-order valence-electron chi connectivity index (χ1n) is 6.45. The zero-order chi connectivity index (χ0) is 12.0. The second kappa shape index (κ2) is 6.89. The Morgan fingerprint density at radius 3 is 2.69 bits per heavy atom. The highest BCUT2D eigenvalue weighted by Gasteiger charge is 2.31. The van der Waals surface area contributed by atoms with E-state index in [0.717, 1.165) is 38.5 Å². The minimum atomic E-state index is -0.687. The molecule has 3 nitrogen and oxygen atoms in total. The average molecular weight is 228 g/mol. The van der Waals surface area contributed by atoms with Crippen molar-refractivity contribution in [2.24, 2.45) is 11.8 Å². The third kappa shape index (κ3) is 4.52. The quantitative estimate of drug-likeness (QED) is 0.711. The lowest BCUT2D eigenvalue weighted by Crippen LogP contribution is -2.33. The molecule has 0 bridgehead atoms. The van der Waals surface area contributed by atoms with Crippen molar-refractivity contribution in [3.8, 4) is 0 Å². The Morgan fingerprint density at radius 2 is 2.06 bits per heavy atom. The smallest absolute Gasteiger partial charge is 0.309 e. The SMILES string of the molecule is CC(C)CCCOC1CCCCC1C(=O)O. The molecule has 16 heavy (non-hydrogen) atoms. The van der Waals surface area contributed by atoms with Crippen molar-refractivity contribution < 1.29 is 14.6 Å². The summed E-state index contributed by atoms with van der Waals surface area (Å²) in [6.45, 7) is 5.11. The molecule has 0 aromatic carbocycles. The van der Waals surface area contributed by atoms with Crippen molar-refractivity contribution >= 4 is 5.97 Å². The molecular weight excluding hydrogens is 204 g/mol. The molecule has 1 aliphatic rings. The second-order valence-electron chi connectivity index (χ2n) is 5.17. The van der Waals surface area contributed by atoms with Crippen LogP contribution in [-0.4, -0.2) is 23.8 Å². The van der Waals surface area contributed by atoms with E-state index in [4.69, 9.17) is 9.84 Å². The Bertz CT molecular complexity index is 213. The molecule has 0 heterocycles. The number of rotatable bonds is 6. The van der Waals surface area contributed by atoms with Gasteiger partial charge in [0.05, 0.1) is 12.0 Å². The zero-order valence-corrected chi connectivity index (χ0v) is 10.4. The maximum absolute atomic E-state index is 11.0. The van der Waals surface area contributed by atoms with Crippen molar-refractivity contribution in [3.63, 3.8) is 0 Å². The van der Waals surface area contributed by atoms with Gasteiger partial charge in [-0.3, -0.25) is 4.79 Å². The molecule has 0 spiro atoms. The molecule has 0 saturated heterocycles. The first-order valence-corrected chi connectivity index (χ1v) is 6.45. The largest absolute Gasteiger partial charge is 0.481 e. The fraction of sp³-hybridized carbons (Fsp3) is 0.923. The summed E-state index contributed by atoms with van der Waals surface area (Å²) in [7, 11) is 0. The van der Waals surface area contributed by atoms with Crippen LogP contribution in [-0.2, 0) is 9.53 Å². The van der Waals surface area contributed by atoms with E-state index < -0.39 is 5.97 Å². The van der Waals surface area contributed by atoms with Crippen LogP contribution in [0.4, 0.5) is 0 Å². The van der Waals surface area contributed by atoms with E-state index in [1.54, 1.807) is 0 Å². The lowest BCUT2D eigenvalue weighted by Gasteiger charge is -2.28. The van der Waals surface area contributed by atoms with Gasteiger partial charge in [0.2, 0.25) is 0 Å². The van der Waals surface area contributed by atoms with E-state index in [0.29, 0.717) is 12.5 Å². The van der Waals surface area contributed by atoms with E-state index in [2.05, 4.69) is 13.8 Å². The number of hydrogen-bond donors (Lipinski definition) is 1. The molecule has 1 fully saturated rings. The molecule has 3 heteroatoms. The van der Waals surface area contributed by atoms with Crippen LogP contribution < -0.4 is 0 Å². The summed E-state index contributed by atoms with van der Waals surface area (Å²) in [6, 6.07) is 0. The summed E-state index contributed by atoms with van der Waals surface area (Å²) in [5, 5.41) is 9.07. The van der Waals surface area contributed by atoms with Gasteiger partial charge in [0, 0.05) is 6.61 Å². The predicted molar refractivity (Wildman–Crippen MR) is 63.4 cm³/mol. The Morgan fingerprint density at radius 1 is 1.38 bits per heavy atom. The van der Waals surface area contributed by atoms with Gasteiger partial charge in [0.15, 0.2) is 0 Å². The lowest BCUT2D eigenvalue weighted by molar-refractivity contribution is -0.149. The second-order valence-corrected chi connectivity index (χ2v) is 5.17. The van der Waals surface area contributed by atoms with Gasteiger partial charge in [-0.15, -0.1) is 0 Å². The Kier molecular flexibility index (Phi) is 5.81. The molecular formula is C13H24O3. The van der Waals surface area contributed by atoms with E-state index in [1.807, 2.05) is 0 Å². The number of carboxylic acid groups (broad SMARTS) is 1. The van der Waals surface area contributed by atoms with Crippen molar-refractivity contribution in [2.75, 3.05) is 6.61 Å². The van der Waals surface area contributed by atoms with Crippen LogP contribution >= 0.6 is 0 Å². The zero-order valence-electron chi connectivity index (χ0n) is 10.4. The minimum Gasteiger partial charge on any atom is -0.481 e. The molecule has 1 saturated carbocycles. The minimum absolute atomic E-state index is 0.0431. The van der Waals surface area contributed by atoms with E-state index in [9.17, 15) is 4.79 Å². The highest BCUT2D eigenvalue weighted by atomic mass is 16.5. The van der Waals surface area contributed by atoms with E-state index in [1.165, 1.54) is 0 Å². The first kappa shape index (κ1) is 13.5. The molecule has 2 unspecified atom stereocenters. The third-order valence-corrected chi connectivity index (χ3v) is 3.28. The summed E-state index contributed by atoms with van der Waals surface area (Å²) < 4.78 is 5.73. The summed E-state index contributed by atoms with van der Waals surface area (Å²) in [5.41, 5.74) is 0. The lowest BCUT2D eigenvalue weighted by atomic mass is 9.86. The van der Waals surface area contributed by atoms with Crippen molar-refractivity contribution in [3.05, 3.63) is 0 Å². The summed E-state index contributed by atoms with van der Waals surface area (Å²) >= 11 is 0. The van der Waals surface area contributed by atoms with Gasteiger partial charge < -0.3 is 9.84 Å². The van der Waals surface area contributed by atoms with Crippen LogP contribution in [0.2, 0.25) is 0 Å². The molecule has 1 N–H and O–H groups in total. The summed E-state index contributed by atoms with van der Waals surface area (Å²) in [4.78, 5) is 11.0. The normalized spacial score (nSPS) is 25.9. The summed E-state index contributed by atoms with van der Waals surface area (Å²) in [5.74, 6) is -0.258. The van der Waals surface area contributed by atoms with Gasteiger partial charge in [-0.1, -0.05) is 26.7 Å². The van der Waals surface area contributed by atoms with Gasteiger partial charge in [-0.25, -0.2) is 0 Å². The van der Waals surface area contributed by atoms with Crippen molar-refractivity contribution in [2.45, 2.75) is 58.5 Å². The summed E-state index contributed by atoms with van der Waals surface area (Å²) in [6.07, 6.45) is 5.99. The molecule has 1 aliphatic carbocycles. The molecule has 1 rings (SSSR count). The number of hydrogen-bond acceptors (Lipinski definition) is 2. The average Bonchev–Trinajstić information content (AvgIpc) is 2.24. The fourth-order valence-electron chi connectivity index (χ4n) is 2.31. The van der Waals surface area contributed by atoms with Gasteiger partial charge in [-0.05, 0) is 31.6 Å². The Balaban J connectivity index is 2.24. The van der Waals surface area contributed by atoms with Gasteiger partial charge in [0.1, 0.15) is 0 Å². The molecule has 0 aliphatic heterocycles. The maximum Gasteiger partial charge on any atom is 0.309 e. The predicted octanol–water partition coefficient (Wildman–Crippen LogP) is 3.08. The van der Waals surface area contributed by atoms with Gasteiger partial charge in [-0.2, -0.15) is 0 Å². The van der Waals surface area contributed by atoms with Crippen LogP contribution in [0.15, 0.2) is 0 Å². The first-order chi connectivity index (χ1) is 7.61. The fourth-order valence-corrected chi connectivity index (χ4v) is 2.31. The van der Waals surface area contributed by atoms with Crippen LogP contribution in [0.1, 0.15) is 52.4 Å². The molecule has 2 atom stereocenters. The van der Waals surface area contributed by atoms with E-state index in [-0.39, 0.29) is 12.0 Å². The van der Waals surface area contributed by atoms with E-state index >= 15 is 0 Å². The monoisotopic (exact) mass is 228 g/mol.